The first kappa shape index (κ1) is 22.0. The lowest BCUT2D eigenvalue weighted by Crippen LogP contribution is -2.21. The van der Waals surface area contributed by atoms with Crippen molar-refractivity contribution in [1.29, 1.82) is 0 Å². The Morgan fingerprint density at radius 1 is 1.33 bits per heavy atom. The average Bonchev–Trinajstić information content (AvgIpc) is 3.16. The largest absolute Gasteiger partial charge is 0.297 e. The summed E-state index contributed by atoms with van der Waals surface area (Å²) in [6.45, 7) is 16.6. The number of hydrogen-bond donors (Lipinski definition) is 0. The number of thiophene rings is 1. The third-order valence-electron chi connectivity index (χ3n) is 3.05. The van der Waals surface area contributed by atoms with Crippen LogP contribution in [0.3, 0.4) is 0 Å². The first-order valence-electron chi connectivity index (χ1n) is 8.34. The summed E-state index contributed by atoms with van der Waals surface area (Å²) in [7, 11) is 0. The molecule has 0 saturated carbocycles. The maximum absolute atomic E-state index is 12.4. The van der Waals surface area contributed by atoms with Crippen LogP contribution < -0.4 is 5.56 Å². The van der Waals surface area contributed by atoms with E-state index in [1.54, 1.807) is 22.2 Å². The first-order valence-corrected chi connectivity index (χ1v) is 9.22. The van der Waals surface area contributed by atoms with Crippen molar-refractivity contribution in [1.82, 2.24) is 9.55 Å². The van der Waals surface area contributed by atoms with Crippen LogP contribution in [0.15, 0.2) is 46.8 Å². The minimum absolute atomic E-state index is 0.0538. The summed E-state index contributed by atoms with van der Waals surface area (Å²) in [5.41, 5.74) is 2.04. The third-order valence-corrected chi connectivity index (χ3v) is 3.97. The molecular formula is C19H29N3OS. The summed E-state index contributed by atoms with van der Waals surface area (Å²) >= 11 is 1.64. The topological polar surface area (TPSA) is 47.2 Å². The minimum Gasteiger partial charge on any atom is -0.297 e. The lowest BCUT2D eigenvalue weighted by molar-refractivity contribution is 0.639. The second-order valence-electron chi connectivity index (χ2n) is 4.57. The standard InChI is InChI=1S/C15H19N3OS.C2H6.C2H4/c1-4-8-18-10-16-11(3)14(15(18)19)17-12(5-2)13-7-6-9-20-13;2*1-2/h6-7,9-10H,4-5,8H2,1-3H3;1-2H3;1-2H2. The van der Waals surface area contributed by atoms with Crippen molar-refractivity contribution in [2.45, 2.75) is 54.0 Å². The minimum atomic E-state index is -0.0538. The van der Waals surface area contributed by atoms with Gasteiger partial charge in [0.15, 0.2) is 0 Å². The fourth-order valence-electron chi connectivity index (χ4n) is 1.98. The summed E-state index contributed by atoms with van der Waals surface area (Å²) in [5.74, 6) is 0. The molecule has 4 nitrogen and oxygen atoms in total. The van der Waals surface area contributed by atoms with E-state index < -0.39 is 0 Å². The van der Waals surface area contributed by atoms with Crippen LogP contribution in [0.1, 0.15) is 51.1 Å². The second kappa shape index (κ2) is 12.4. The van der Waals surface area contributed by atoms with Crippen molar-refractivity contribution in [3.63, 3.8) is 0 Å². The number of aromatic nitrogens is 2. The summed E-state index contributed by atoms with van der Waals surface area (Å²) in [5, 5.41) is 2.02. The zero-order valence-electron chi connectivity index (χ0n) is 15.5. The Hall–Kier alpha value is -2.01. The quantitative estimate of drug-likeness (QED) is 0.538. The Kier molecular flexibility index (Phi) is 11.4. The molecule has 0 spiro atoms. The third kappa shape index (κ3) is 5.89. The van der Waals surface area contributed by atoms with E-state index in [4.69, 9.17) is 0 Å². The van der Waals surface area contributed by atoms with Gasteiger partial charge in [-0.2, -0.15) is 0 Å². The van der Waals surface area contributed by atoms with Crippen LogP contribution in [-0.4, -0.2) is 15.3 Å². The highest BCUT2D eigenvalue weighted by Crippen LogP contribution is 2.17. The van der Waals surface area contributed by atoms with E-state index in [1.165, 1.54) is 0 Å². The van der Waals surface area contributed by atoms with Gasteiger partial charge in [0.2, 0.25) is 0 Å². The highest BCUT2D eigenvalue weighted by Gasteiger charge is 2.10. The van der Waals surface area contributed by atoms with Crippen molar-refractivity contribution < 1.29 is 0 Å². The van der Waals surface area contributed by atoms with E-state index in [0.717, 1.165) is 23.4 Å². The predicted octanol–water partition coefficient (Wildman–Crippen LogP) is 5.38. The molecule has 0 radical (unpaired) electrons. The predicted molar refractivity (Wildman–Crippen MR) is 107 cm³/mol. The van der Waals surface area contributed by atoms with Crippen LogP contribution in [0.4, 0.5) is 5.69 Å². The van der Waals surface area contributed by atoms with Gasteiger partial charge in [-0.3, -0.25) is 9.36 Å². The van der Waals surface area contributed by atoms with Crippen LogP contribution in [-0.2, 0) is 6.54 Å². The molecule has 0 aliphatic heterocycles. The monoisotopic (exact) mass is 347 g/mol. The molecule has 0 N–H and O–H groups in total. The summed E-state index contributed by atoms with van der Waals surface area (Å²) in [6, 6.07) is 4.03. The van der Waals surface area contributed by atoms with E-state index in [1.807, 2.05) is 45.2 Å². The number of rotatable bonds is 5. The number of nitrogens with zero attached hydrogens (tertiary/aromatic N) is 3. The van der Waals surface area contributed by atoms with E-state index >= 15 is 0 Å². The fraction of sp³-hybridized carbons (Fsp3) is 0.421. The maximum atomic E-state index is 12.4. The molecule has 2 aromatic rings. The molecule has 0 amide bonds. The van der Waals surface area contributed by atoms with E-state index in [0.29, 0.717) is 17.9 Å². The Labute approximate surface area is 149 Å². The molecule has 0 fully saturated rings. The molecular weight excluding hydrogens is 318 g/mol. The Morgan fingerprint density at radius 3 is 2.50 bits per heavy atom. The molecule has 24 heavy (non-hydrogen) atoms. The van der Waals surface area contributed by atoms with Gasteiger partial charge in [-0.15, -0.1) is 24.5 Å². The molecule has 0 aliphatic rings. The molecule has 0 saturated heterocycles. The summed E-state index contributed by atoms with van der Waals surface area (Å²) < 4.78 is 1.63. The number of hydrogen-bond acceptors (Lipinski definition) is 4. The van der Waals surface area contributed by atoms with Crippen LogP contribution >= 0.6 is 11.3 Å². The Balaban J connectivity index is 0.00000123. The van der Waals surface area contributed by atoms with Gasteiger partial charge in [-0.1, -0.05) is 33.8 Å². The van der Waals surface area contributed by atoms with E-state index in [9.17, 15) is 4.79 Å². The number of aryl methyl sites for hydroxylation is 2. The van der Waals surface area contributed by atoms with Gasteiger partial charge in [0.05, 0.1) is 17.7 Å². The van der Waals surface area contributed by atoms with Crippen molar-refractivity contribution >= 4 is 22.7 Å². The number of aliphatic imine (C=N–C) groups is 1. The van der Waals surface area contributed by atoms with Crippen molar-refractivity contribution in [3.8, 4) is 0 Å². The van der Waals surface area contributed by atoms with E-state index in [-0.39, 0.29) is 5.56 Å². The molecule has 0 aromatic carbocycles. The maximum Gasteiger partial charge on any atom is 0.279 e. The van der Waals surface area contributed by atoms with Crippen LogP contribution in [0, 0.1) is 6.92 Å². The molecule has 5 heteroatoms. The highest BCUT2D eigenvalue weighted by molar-refractivity contribution is 7.12. The van der Waals surface area contributed by atoms with E-state index in [2.05, 4.69) is 30.1 Å². The molecule has 0 bridgehead atoms. The summed E-state index contributed by atoms with van der Waals surface area (Å²) in [4.78, 5) is 22.4. The van der Waals surface area contributed by atoms with Gasteiger partial charge < -0.3 is 0 Å². The average molecular weight is 348 g/mol. The highest BCUT2D eigenvalue weighted by atomic mass is 32.1. The van der Waals surface area contributed by atoms with Crippen molar-refractivity contribution in [2.75, 3.05) is 0 Å². The smallest absolute Gasteiger partial charge is 0.279 e. The van der Waals surface area contributed by atoms with Crippen LogP contribution in [0.2, 0.25) is 0 Å². The lowest BCUT2D eigenvalue weighted by Gasteiger charge is -2.07. The van der Waals surface area contributed by atoms with Gasteiger partial charge in [0.1, 0.15) is 5.69 Å². The molecule has 2 aromatic heterocycles. The summed E-state index contributed by atoms with van der Waals surface area (Å²) in [6.07, 6.45) is 3.30. The zero-order valence-corrected chi connectivity index (χ0v) is 16.3. The molecule has 0 atom stereocenters. The van der Waals surface area contributed by atoms with Gasteiger partial charge in [-0.05, 0) is 31.2 Å². The van der Waals surface area contributed by atoms with Gasteiger partial charge >= 0.3 is 0 Å². The van der Waals surface area contributed by atoms with Crippen molar-refractivity contribution in [2.24, 2.45) is 4.99 Å². The molecule has 0 aliphatic carbocycles. The van der Waals surface area contributed by atoms with Crippen molar-refractivity contribution in [3.05, 3.63) is 57.9 Å². The normalized spacial score (nSPS) is 10.3. The van der Waals surface area contributed by atoms with Gasteiger partial charge in [0, 0.05) is 11.4 Å². The lowest BCUT2D eigenvalue weighted by atomic mass is 10.2. The molecule has 0 unspecified atom stereocenters. The Morgan fingerprint density at radius 2 is 2.00 bits per heavy atom. The SMILES string of the molecule is C=C.CC.CCCn1cnc(C)c(N=C(CC)c2cccs2)c1=O. The molecule has 132 valence electrons. The Bertz CT molecular complexity index is 672. The van der Waals surface area contributed by atoms with Gasteiger partial charge in [-0.25, -0.2) is 9.98 Å². The fourth-order valence-corrected chi connectivity index (χ4v) is 2.76. The second-order valence-corrected chi connectivity index (χ2v) is 5.51. The zero-order chi connectivity index (χ0) is 18.5. The molecule has 2 rings (SSSR count). The van der Waals surface area contributed by atoms with Crippen LogP contribution in [0.25, 0.3) is 0 Å². The van der Waals surface area contributed by atoms with Gasteiger partial charge in [0.25, 0.3) is 5.56 Å². The molecule has 2 heterocycles. The first-order chi connectivity index (χ1) is 11.7. The van der Waals surface area contributed by atoms with Crippen LogP contribution in [0.5, 0.6) is 0 Å².